The van der Waals surface area contributed by atoms with Gasteiger partial charge in [0.2, 0.25) is 5.95 Å². The summed E-state index contributed by atoms with van der Waals surface area (Å²) in [5.41, 5.74) is 1.58. The fraction of sp³-hybridized carbons (Fsp3) is 0. The van der Waals surface area contributed by atoms with E-state index in [4.69, 9.17) is 23.2 Å². The molecule has 1 heterocycles. The van der Waals surface area contributed by atoms with Crippen molar-refractivity contribution in [3.8, 4) is 5.69 Å². The van der Waals surface area contributed by atoms with Crippen LogP contribution < -0.4 is 10.9 Å². The highest BCUT2D eigenvalue weighted by Gasteiger charge is 2.15. The van der Waals surface area contributed by atoms with Crippen molar-refractivity contribution in [1.82, 2.24) is 9.55 Å². The van der Waals surface area contributed by atoms with E-state index in [0.717, 1.165) is 0 Å². The number of rotatable bonds is 3. The Kier molecular flexibility index (Phi) is 4.37. The molecule has 0 saturated carbocycles. The molecule has 0 bridgehead atoms. The van der Waals surface area contributed by atoms with Crippen molar-refractivity contribution in [1.29, 1.82) is 0 Å². The van der Waals surface area contributed by atoms with E-state index in [0.29, 0.717) is 38.3 Å². The Morgan fingerprint density at radius 2 is 1.50 bits per heavy atom. The third kappa shape index (κ3) is 2.94. The number of nitrogens with zero attached hydrogens (tertiary/aromatic N) is 2. The summed E-state index contributed by atoms with van der Waals surface area (Å²) in [4.78, 5) is 17.8. The minimum absolute atomic E-state index is 0.210. The fourth-order valence-corrected chi connectivity index (χ4v) is 3.16. The maximum Gasteiger partial charge on any atom is 0.267 e. The molecule has 3 aromatic carbocycles. The van der Waals surface area contributed by atoms with E-state index in [1.54, 1.807) is 24.3 Å². The SMILES string of the molecule is O=c1c2cccc(Cl)c2nc(Nc2ccccc2Cl)n1-c1ccccc1. The maximum absolute atomic E-state index is 13.2. The molecule has 0 saturated heterocycles. The average Bonchev–Trinajstić information content (AvgIpc) is 2.65. The van der Waals surface area contributed by atoms with Crippen LogP contribution in [0.3, 0.4) is 0 Å². The summed E-state index contributed by atoms with van der Waals surface area (Å²) in [7, 11) is 0. The van der Waals surface area contributed by atoms with Gasteiger partial charge in [0.15, 0.2) is 0 Å². The van der Waals surface area contributed by atoms with Gasteiger partial charge in [-0.1, -0.05) is 59.6 Å². The van der Waals surface area contributed by atoms with Gasteiger partial charge in [0.25, 0.3) is 5.56 Å². The first-order chi connectivity index (χ1) is 12.6. The van der Waals surface area contributed by atoms with Crippen molar-refractivity contribution < 1.29 is 0 Å². The zero-order valence-corrected chi connectivity index (χ0v) is 15.0. The Hall–Kier alpha value is -2.82. The molecule has 4 nitrogen and oxygen atoms in total. The van der Waals surface area contributed by atoms with Crippen molar-refractivity contribution in [3.63, 3.8) is 0 Å². The molecule has 0 atom stereocenters. The largest absolute Gasteiger partial charge is 0.324 e. The number of hydrogen-bond donors (Lipinski definition) is 1. The van der Waals surface area contributed by atoms with Crippen LogP contribution in [0.2, 0.25) is 10.0 Å². The Morgan fingerprint density at radius 3 is 2.27 bits per heavy atom. The molecule has 0 unspecified atom stereocenters. The Labute approximate surface area is 159 Å². The van der Waals surface area contributed by atoms with E-state index in [9.17, 15) is 4.79 Å². The van der Waals surface area contributed by atoms with Gasteiger partial charge in [-0.25, -0.2) is 9.55 Å². The van der Waals surface area contributed by atoms with Crippen LogP contribution in [0.4, 0.5) is 11.6 Å². The molecule has 1 aromatic heterocycles. The van der Waals surface area contributed by atoms with Gasteiger partial charge >= 0.3 is 0 Å². The summed E-state index contributed by atoms with van der Waals surface area (Å²) >= 11 is 12.5. The van der Waals surface area contributed by atoms with Crippen molar-refractivity contribution in [2.24, 2.45) is 0 Å². The number of hydrogen-bond acceptors (Lipinski definition) is 3. The van der Waals surface area contributed by atoms with E-state index in [2.05, 4.69) is 10.3 Å². The molecule has 0 radical (unpaired) electrons. The lowest BCUT2D eigenvalue weighted by Crippen LogP contribution is -2.23. The summed E-state index contributed by atoms with van der Waals surface area (Å²) in [6, 6.07) is 21.8. The zero-order chi connectivity index (χ0) is 18.1. The molecule has 0 aliphatic rings. The average molecular weight is 382 g/mol. The van der Waals surface area contributed by atoms with Gasteiger partial charge in [-0.05, 0) is 36.4 Å². The molecule has 0 amide bonds. The molecule has 4 rings (SSSR count). The van der Waals surface area contributed by atoms with Crippen LogP contribution in [-0.2, 0) is 0 Å². The predicted molar refractivity (Wildman–Crippen MR) is 107 cm³/mol. The highest BCUT2D eigenvalue weighted by atomic mass is 35.5. The predicted octanol–water partition coefficient (Wildman–Crippen LogP) is 5.44. The number of nitrogens with one attached hydrogen (secondary N) is 1. The van der Waals surface area contributed by atoms with Crippen LogP contribution in [0.1, 0.15) is 0 Å². The number of anilines is 2. The normalized spacial score (nSPS) is 10.8. The van der Waals surface area contributed by atoms with Crippen LogP contribution >= 0.6 is 23.2 Å². The van der Waals surface area contributed by atoms with E-state index in [1.165, 1.54) is 4.57 Å². The third-order valence-electron chi connectivity index (χ3n) is 3.98. The van der Waals surface area contributed by atoms with Crippen LogP contribution in [0.25, 0.3) is 16.6 Å². The van der Waals surface area contributed by atoms with Crippen LogP contribution in [0.5, 0.6) is 0 Å². The summed E-state index contributed by atoms with van der Waals surface area (Å²) in [5, 5.41) is 4.56. The first-order valence-corrected chi connectivity index (χ1v) is 8.69. The molecular formula is C20H13Cl2N3O. The maximum atomic E-state index is 13.2. The molecule has 1 N–H and O–H groups in total. The monoisotopic (exact) mass is 381 g/mol. The molecular weight excluding hydrogens is 369 g/mol. The van der Waals surface area contributed by atoms with Gasteiger partial charge in [-0.15, -0.1) is 0 Å². The van der Waals surface area contributed by atoms with Gasteiger partial charge in [0, 0.05) is 0 Å². The topological polar surface area (TPSA) is 46.9 Å². The number of para-hydroxylation sites is 3. The number of halogens is 2. The molecule has 0 aliphatic heterocycles. The zero-order valence-electron chi connectivity index (χ0n) is 13.5. The molecule has 6 heteroatoms. The molecule has 26 heavy (non-hydrogen) atoms. The number of fused-ring (bicyclic) bond motifs is 1. The second-order valence-corrected chi connectivity index (χ2v) is 6.47. The highest BCUT2D eigenvalue weighted by molar-refractivity contribution is 6.35. The lowest BCUT2D eigenvalue weighted by Gasteiger charge is -2.16. The fourth-order valence-electron chi connectivity index (χ4n) is 2.76. The lowest BCUT2D eigenvalue weighted by atomic mass is 10.2. The van der Waals surface area contributed by atoms with Gasteiger partial charge in [-0.3, -0.25) is 4.79 Å². The van der Waals surface area contributed by atoms with Crippen LogP contribution in [-0.4, -0.2) is 9.55 Å². The van der Waals surface area contributed by atoms with Gasteiger partial charge in [0.05, 0.1) is 32.3 Å². The van der Waals surface area contributed by atoms with Crippen LogP contribution in [0.15, 0.2) is 77.6 Å². The molecule has 0 fully saturated rings. The molecule has 128 valence electrons. The summed E-state index contributed by atoms with van der Waals surface area (Å²) in [5.74, 6) is 0.343. The van der Waals surface area contributed by atoms with Gasteiger partial charge in [-0.2, -0.15) is 0 Å². The Balaban J connectivity index is 2.02. The van der Waals surface area contributed by atoms with Gasteiger partial charge < -0.3 is 5.32 Å². The summed E-state index contributed by atoms with van der Waals surface area (Å²) in [6.45, 7) is 0. The van der Waals surface area contributed by atoms with Crippen LogP contribution in [0, 0.1) is 0 Å². The van der Waals surface area contributed by atoms with E-state index >= 15 is 0 Å². The number of aromatic nitrogens is 2. The number of benzene rings is 3. The minimum Gasteiger partial charge on any atom is -0.324 e. The van der Waals surface area contributed by atoms with Crippen molar-refractivity contribution in [2.45, 2.75) is 0 Å². The van der Waals surface area contributed by atoms with Gasteiger partial charge in [0.1, 0.15) is 0 Å². The third-order valence-corrected chi connectivity index (χ3v) is 4.62. The Morgan fingerprint density at radius 1 is 0.808 bits per heavy atom. The van der Waals surface area contributed by atoms with E-state index in [1.807, 2.05) is 48.5 Å². The summed E-state index contributed by atoms with van der Waals surface area (Å²) < 4.78 is 1.52. The van der Waals surface area contributed by atoms with Crippen molar-refractivity contribution in [3.05, 3.63) is 93.2 Å². The molecule has 0 spiro atoms. The first-order valence-electron chi connectivity index (χ1n) is 7.93. The van der Waals surface area contributed by atoms with E-state index in [-0.39, 0.29) is 5.56 Å². The van der Waals surface area contributed by atoms with Crippen molar-refractivity contribution >= 4 is 45.7 Å². The Bertz CT molecular complexity index is 1160. The minimum atomic E-state index is -0.210. The molecule has 0 aliphatic carbocycles. The summed E-state index contributed by atoms with van der Waals surface area (Å²) in [6.07, 6.45) is 0. The van der Waals surface area contributed by atoms with Crippen molar-refractivity contribution in [2.75, 3.05) is 5.32 Å². The quantitative estimate of drug-likeness (QED) is 0.514. The van der Waals surface area contributed by atoms with E-state index < -0.39 is 0 Å². The smallest absolute Gasteiger partial charge is 0.267 e. The highest BCUT2D eigenvalue weighted by Crippen LogP contribution is 2.27. The lowest BCUT2D eigenvalue weighted by molar-refractivity contribution is 0.974. The second kappa shape index (κ2) is 6.83. The second-order valence-electron chi connectivity index (χ2n) is 5.65. The first kappa shape index (κ1) is 16.6. The molecule has 4 aromatic rings. The standard InChI is InChI=1S/C20H13Cl2N3O/c21-15-10-4-5-12-17(15)23-20-24-18-14(9-6-11-16(18)22)19(26)25(20)13-7-2-1-3-8-13/h1-12H,(H,23,24).